The van der Waals surface area contributed by atoms with Crippen LogP contribution in [0.3, 0.4) is 0 Å². The Kier molecular flexibility index (Phi) is 4.89. The first kappa shape index (κ1) is 17.7. The summed E-state index contributed by atoms with van der Waals surface area (Å²) in [5.41, 5.74) is 2.73. The number of hydrogen-bond acceptors (Lipinski definition) is 3. The van der Waals surface area contributed by atoms with Crippen LogP contribution in [0.2, 0.25) is 0 Å². The summed E-state index contributed by atoms with van der Waals surface area (Å²) in [6, 6.07) is 6.91. The van der Waals surface area contributed by atoms with Crippen molar-refractivity contribution in [1.29, 1.82) is 0 Å². The number of nitrogens with zero attached hydrogens (tertiary/aromatic N) is 2. The van der Waals surface area contributed by atoms with Gasteiger partial charge in [0.1, 0.15) is 17.3 Å². The third kappa shape index (κ3) is 4.00. The van der Waals surface area contributed by atoms with Crippen LogP contribution in [-0.2, 0) is 6.54 Å². The summed E-state index contributed by atoms with van der Waals surface area (Å²) in [4.78, 5) is 11.9. The molecule has 0 bridgehead atoms. The van der Waals surface area contributed by atoms with E-state index in [-0.39, 0.29) is 0 Å². The molecule has 27 heavy (non-hydrogen) atoms. The van der Waals surface area contributed by atoms with Gasteiger partial charge in [0.15, 0.2) is 0 Å². The summed E-state index contributed by atoms with van der Waals surface area (Å²) < 4.78 is 29.1. The second-order valence-electron chi connectivity index (χ2n) is 6.44. The molecular formula is C19H18F2N4OS. The zero-order valence-electron chi connectivity index (χ0n) is 14.4. The molecule has 1 aliphatic rings. The molecule has 4 rings (SSSR count). The summed E-state index contributed by atoms with van der Waals surface area (Å²) in [7, 11) is 0. The molecule has 2 amide bonds. The van der Waals surface area contributed by atoms with Gasteiger partial charge in [-0.15, -0.1) is 0 Å². The van der Waals surface area contributed by atoms with E-state index in [0.717, 1.165) is 36.2 Å². The minimum absolute atomic E-state index is 0.298. The molecule has 0 aliphatic heterocycles. The first-order valence-corrected chi connectivity index (χ1v) is 9.65. The number of rotatable bonds is 6. The molecule has 2 heterocycles. The van der Waals surface area contributed by atoms with Crippen molar-refractivity contribution in [3.63, 3.8) is 0 Å². The van der Waals surface area contributed by atoms with Crippen LogP contribution in [-0.4, -0.2) is 22.4 Å². The molecule has 3 aromatic rings. The number of nitrogens with one attached hydrogen (secondary N) is 2. The average molecular weight is 388 g/mol. The summed E-state index contributed by atoms with van der Waals surface area (Å²) in [6.07, 6.45) is 2.30. The third-order valence-corrected chi connectivity index (χ3v) is 5.12. The van der Waals surface area contributed by atoms with Crippen molar-refractivity contribution in [2.45, 2.75) is 25.3 Å². The van der Waals surface area contributed by atoms with Crippen LogP contribution in [0.5, 0.6) is 0 Å². The highest BCUT2D eigenvalue weighted by atomic mass is 32.1. The minimum Gasteiger partial charge on any atom is -0.336 e. The second-order valence-corrected chi connectivity index (χ2v) is 7.22. The largest absolute Gasteiger partial charge is 0.336 e. The summed E-state index contributed by atoms with van der Waals surface area (Å²) >= 11 is 1.62. The van der Waals surface area contributed by atoms with Gasteiger partial charge in [0.2, 0.25) is 0 Å². The SMILES string of the molecule is O=C(NCCn1nc(-c2ccsc2)cc1C1CC1)Nc1c(F)cccc1F. The Morgan fingerprint density at radius 2 is 2.04 bits per heavy atom. The van der Waals surface area contributed by atoms with Crippen molar-refractivity contribution in [2.75, 3.05) is 11.9 Å². The van der Waals surface area contributed by atoms with Crippen molar-refractivity contribution in [2.24, 2.45) is 0 Å². The number of carbonyl (C=O) groups excluding carboxylic acids is 1. The molecule has 0 saturated heterocycles. The number of carbonyl (C=O) groups is 1. The van der Waals surface area contributed by atoms with Crippen molar-refractivity contribution in [1.82, 2.24) is 15.1 Å². The summed E-state index contributed by atoms with van der Waals surface area (Å²) in [5, 5.41) is 13.6. The van der Waals surface area contributed by atoms with Crippen LogP contribution < -0.4 is 10.6 Å². The van der Waals surface area contributed by atoms with Crippen molar-refractivity contribution < 1.29 is 13.6 Å². The number of amides is 2. The quantitative estimate of drug-likeness (QED) is 0.649. The molecule has 8 heteroatoms. The lowest BCUT2D eigenvalue weighted by Crippen LogP contribution is -2.32. The number of thiophene rings is 1. The molecule has 1 fully saturated rings. The molecule has 0 radical (unpaired) electrons. The smallest absolute Gasteiger partial charge is 0.319 e. The zero-order chi connectivity index (χ0) is 18.8. The molecule has 2 N–H and O–H groups in total. The highest BCUT2D eigenvalue weighted by Gasteiger charge is 2.28. The van der Waals surface area contributed by atoms with E-state index in [1.54, 1.807) is 11.3 Å². The van der Waals surface area contributed by atoms with Gasteiger partial charge >= 0.3 is 6.03 Å². The van der Waals surface area contributed by atoms with Gasteiger partial charge in [-0.25, -0.2) is 13.6 Å². The van der Waals surface area contributed by atoms with Gasteiger partial charge in [-0.1, -0.05) is 6.07 Å². The topological polar surface area (TPSA) is 59.0 Å². The number of benzene rings is 1. The highest BCUT2D eigenvalue weighted by Crippen LogP contribution is 2.41. The van der Waals surface area contributed by atoms with Crippen molar-refractivity contribution >= 4 is 23.1 Å². The maximum Gasteiger partial charge on any atom is 0.319 e. The Morgan fingerprint density at radius 1 is 1.26 bits per heavy atom. The lowest BCUT2D eigenvalue weighted by atomic mass is 10.2. The molecule has 0 unspecified atom stereocenters. The van der Waals surface area contributed by atoms with Gasteiger partial charge in [0, 0.05) is 29.1 Å². The number of urea groups is 1. The molecule has 140 valence electrons. The number of aromatic nitrogens is 2. The Hall–Kier alpha value is -2.74. The van der Waals surface area contributed by atoms with Gasteiger partial charge in [-0.05, 0) is 42.5 Å². The minimum atomic E-state index is -0.811. The predicted molar refractivity (Wildman–Crippen MR) is 101 cm³/mol. The van der Waals surface area contributed by atoms with E-state index in [4.69, 9.17) is 0 Å². The van der Waals surface area contributed by atoms with E-state index >= 15 is 0 Å². The van der Waals surface area contributed by atoms with Gasteiger partial charge < -0.3 is 10.6 Å². The fourth-order valence-corrected chi connectivity index (χ4v) is 3.57. The highest BCUT2D eigenvalue weighted by molar-refractivity contribution is 7.08. The van der Waals surface area contributed by atoms with E-state index in [2.05, 4.69) is 27.2 Å². The van der Waals surface area contributed by atoms with Crippen LogP contribution in [0, 0.1) is 11.6 Å². The van der Waals surface area contributed by atoms with E-state index in [1.807, 2.05) is 16.1 Å². The predicted octanol–water partition coefficient (Wildman–Crippen LogP) is 4.59. The van der Waals surface area contributed by atoms with Crippen LogP contribution in [0.25, 0.3) is 11.3 Å². The Balaban J connectivity index is 1.38. The van der Waals surface area contributed by atoms with Gasteiger partial charge in [-0.3, -0.25) is 4.68 Å². The molecule has 0 spiro atoms. The van der Waals surface area contributed by atoms with Crippen LogP contribution in [0.4, 0.5) is 19.3 Å². The molecule has 1 aromatic carbocycles. The molecule has 1 saturated carbocycles. The second kappa shape index (κ2) is 7.48. The molecule has 5 nitrogen and oxygen atoms in total. The molecule has 0 atom stereocenters. The average Bonchev–Trinajstić information content (AvgIpc) is 3.17. The Labute approximate surface area is 159 Å². The molecule has 2 aromatic heterocycles. The van der Waals surface area contributed by atoms with Gasteiger partial charge in [0.25, 0.3) is 0 Å². The standard InChI is InChI=1S/C19H18F2N4OS/c20-14-2-1-3-15(21)18(14)23-19(26)22-7-8-25-17(12-4-5-12)10-16(24-25)13-6-9-27-11-13/h1-3,6,9-12H,4-5,7-8H2,(H2,22,23,26). The fraction of sp³-hybridized carbons (Fsp3) is 0.263. The zero-order valence-corrected chi connectivity index (χ0v) is 15.2. The van der Waals surface area contributed by atoms with Crippen LogP contribution in [0.1, 0.15) is 24.5 Å². The normalized spacial score (nSPS) is 13.6. The van der Waals surface area contributed by atoms with Crippen LogP contribution >= 0.6 is 11.3 Å². The lowest BCUT2D eigenvalue weighted by molar-refractivity contribution is 0.251. The third-order valence-electron chi connectivity index (χ3n) is 4.43. The van der Waals surface area contributed by atoms with Gasteiger partial charge in [0.05, 0.1) is 12.2 Å². The molecule has 1 aliphatic carbocycles. The molecular weight excluding hydrogens is 370 g/mol. The summed E-state index contributed by atoms with van der Waals surface area (Å²) in [5.74, 6) is -1.10. The maximum absolute atomic E-state index is 13.6. The van der Waals surface area contributed by atoms with Gasteiger partial charge in [-0.2, -0.15) is 16.4 Å². The van der Waals surface area contributed by atoms with E-state index in [9.17, 15) is 13.6 Å². The van der Waals surface area contributed by atoms with E-state index < -0.39 is 23.4 Å². The lowest BCUT2D eigenvalue weighted by Gasteiger charge is -2.10. The summed E-state index contributed by atoms with van der Waals surface area (Å²) in [6.45, 7) is 0.787. The number of anilines is 1. The van der Waals surface area contributed by atoms with E-state index in [1.165, 1.54) is 11.8 Å². The number of halogens is 2. The van der Waals surface area contributed by atoms with Crippen molar-refractivity contribution in [3.05, 3.63) is 58.4 Å². The number of hydrogen-bond donors (Lipinski definition) is 2. The fourth-order valence-electron chi connectivity index (χ4n) is 2.92. The van der Waals surface area contributed by atoms with Crippen LogP contribution in [0.15, 0.2) is 41.1 Å². The maximum atomic E-state index is 13.6. The Morgan fingerprint density at radius 3 is 2.70 bits per heavy atom. The first-order chi connectivity index (χ1) is 13.1. The van der Waals surface area contributed by atoms with Crippen molar-refractivity contribution in [3.8, 4) is 11.3 Å². The first-order valence-electron chi connectivity index (χ1n) is 8.71. The monoisotopic (exact) mass is 388 g/mol. The van der Waals surface area contributed by atoms with E-state index in [0.29, 0.717) is 19.0 Å². The number of para-hydroxylation sites is 1. The Bertz CT molecular complexity index is 931.